The third-order valence-corrected chi connectivity index (χ3v) is 3.88. The zero-order valence-corrected chi connectivity index (χ0v) is 11.7. The minimum atomic E-state index is -0.535. The fraction of sp³-hybridized carbons (Fsp3) is 0.571. The average molecular weight is 278 g/mol. The second kappa shape index (κ2) is 6.56. The molecule has 0 saturated carbocycles. The number of rotatable bonds is 5. The van der Waals surface area contributed by atoms with Crippen molar-refractivity contribution < 1.29 is 9.59 Å². The van der Waals surface area contributed by atoms with Gasteiger partial charge < -0.3 is 21.4 Å². The van der Waals surface area contributed by atoms with Gasteiger partial charge in [0.15, 0.2) is 0 Å². The molecule has 1 aromatic rings. The number of nitrogens with one attached hydrogen (secondary N) is 3. The van der Waals surface area contributed by atoms with Gasteiger partial charge in [-0.2, -0.15) is 0 Å². The first kappa shape index (κ1) is 14.6. The Morgan fingerprint density at radius 1 is 1.55 bits per heavy atom. The number of carbonyl (C=O) groups excluding carboxylic acids is 2. The van der Waals surface area contributed by atoms with Crippen LogP contribution in [-0.4, -0.2) is 29.9 Å². The Labute approximate surface area is 118 Å². The van der Waals surface area contributed by atoms with Crippen molar-refractivity contribution in [3.8, 4) is 0 Å². The second-order valence-corrected chi connectivity index (χ2v) is 5.50. The molecular weight excluding hydrogens is 256 g/mol. The van der Waals surface area contributed by atoms with Crippen LogP contribution in [0.2, 0.25) is 0 Å². The molecule has 0 aromatic carbocycles. The maximum atomic E-state index is 12.0. The van der Waals surface area contributed by atoms with Crippen LogP contribution in [0.5, 0.6) is 0 Å². The molecule has 1 aliphatic rings. The number of nitrogens with two attached hydrogens (primary N) is 1. The minimum Gasteiger partial charge on any atom is -0.364 e. The van der Waals surface area contributed by atoms with Gasteiger partial charge in [0.1, 0.15) is 5.69 Å². The van der Waals surface area contributed by atoms with Crippen LogP contribution in [0.25, 0.3) is 0 Å². The maximum absolute atomic E-state index is 12.0. The lowest BCUT2D eigenvalue weighted by Crippen LogP contribution is -2.34. The molecule has 6 nitrogen and oxygen atoms in total. The molecule has 2 rings (SSSR count). The molecule has 0 bridgehead atoms. The van der Waals surface area contributed by atoms with Gasteiger partial charge in [-0.3, -0.25) is 9.59 Å². The summed E-state index contributed by atoms with van der Waals surface area (Å²) >= 11 is 0. The molecule has 1 fully saturated rings. The normalized spacial score (nSPS) is 20.4. The van der Waals surface area contributed by atoms with Crippen LogP contribution in [-0.2, 0) is 4.79 Å². The largest absolute Gasteiger partial charge is 0.364 e. The molecule has 0 spiro atoms. The van der Waals surface area contributed by atoms with E-state index in [1.807, 2.05) is 0 Å². The van der Waals surface area contributed by atoms with Crippen LogP contribution < -0.4 is 16.4 Å². The van der Waals surface area contributed by atoms with Crippen LogP contribution in [0.3, 0.4) is 0 Å². The molecule has 2 unspecified atom stereocenters. The summed E-state index contributed by atoms with van der Waals surface area (Å²) in [5.41, 5.74) is 6.02. The van der Waals surface area contributed by atoms with Crippen molar-refractivity contribution in [2.45, 2.75) is 26.2 Å². The summed E-state index contributed by atoms with van der Waals surface area (Å²) in [7, 11) is 0. The highest BCUT2D eigenvalue weighted by molar-refractivity contribution is 5.95. The number of amides is 2. The molecule has 110 valence electrons. The van der Waals surface area contributed by atoms with Crippen LogP contribution in [0, 0.1) is 11.8 Å². The van der Waals surface area contributed by atoms with Crippen molar-refractivity contribution in [2.24, 2.45) is 17.6 Å². The Morgan fingerprint density at radius 3 is 2.95 bits per heavy atom. The van der Waals surface area contributed by atoms with E-state index in [0.717, 1.165) is 13.1 Å². The van der Waals surface area contributed by atoms with Crippen molar-refractivity contribution in [1.82, 2.24) is 10.3 Å². The number of carbonyl (C=O) groups is 2. The van der Waals surface area contributed by atoms with Gasteiger partial charge in [-0.05, 0) is 43.8 Å². The lowest BCUT2D eigenvalue weighted by molar-refractivity contribution is -0.117. The summed E-state index contributed by atoms with van der Waals surface area (Å²) in [6.07, 6.45) is 4.42. The van der Waals surface area contributed by atoms with Crippen LogP contribution in [0.4, 0.5) is 5.69 Å². The third-order valence-electron chi connectivity index (χ3n) is 3.88. The van der Waals surface area contributed by atoms with Gasteiger partial charge in [0, 0.05) is 12.6 Å². The molecule has 20 heavy (non-hydrogen) atoms. The van der Waals surface area contributed by atoms with Crippen molar-refractivity contribution in [1.29, 1.82) is 0 Å². The van der Waals surface area contributed by atoms with Gasteiger partial charge in [-0.1, -0.05) is 6.92 Å². The number of anilines is 1. The van der Waals surface area contributed by atoms with Crippen LogP contribution >= 0.6 is 0 Å². The number of H-pyrrole nitrogens is 1. The predicted octanol–water partition coefficient (Wildman–Crippen LogP) is 1.08. The van der Waals surface area contributed by atoms with E-state index < -0.39 is 5.91 Å². The maximum Gasteiger partial charge on any atom is 0.265 e. The van der Waals surface area contributed by atoms with Crippen LogP contribution in [0.15, 0.2) is 12.3 Å². The fourth-order valence-corrected chi connectivity index (χ4v) is 2.64. The Balaban J connectivity index is 1.83. The van der Waals surface area contributed by atoms with Gasteiger partial charge >= 0.3 is 0 Å². The first-order valence-corrected chi connectivity index (χ1v) is 7.05. The van der Waals surface area contributed by atoms with E-state index >= 15 is 0 Å². The van der Waals surface area contributed by atoms with E-state index in [4.69, 9.17) is 5.73 Å². The van der Waals surface area contributed by atoms with E-state index in [1.54, 1.807) is 12.3 Å². The standard InChI is InChI=1S/C14H22N4O2/c1-9(10-3-2-4-16-7-10)5-13(19)18-11-6-12(14(15)20)17-8-11/h6,8-10,16-17H,2-5,7H2,1H3,(H2,15,20)(H,18,19). The van der Waals surface area contributed by atoms with Crippen LogP contribution in [0.1, 0.15) is 36.7 Å². The van der Waals surface area contributed by atoms with Gasteiger partial charge in [-0.25, -0.2) is 0 Å². The molecule has 2 amide bonds. The Hall–Kier alpha value is -1.82. The Morgan fingerprint density at radius 2 is 2.35 bits per heavy atom. The number of hydrogen-bond donors (Lipinski definition) is 4. The number of aromatic amines is 1. The molecule has 2 atom stereocenters. The van der Waals surface area contributed by atoms with Crippen molar-refractivity contribution in [2.75, 3.05) is 18.4 Å². The molecule has 0 aliphatic carbocycles. The summed E-state index contributed by atoms with van der Waals surface area (Å²) < 4.78 is 0. The molecule has 1 aromatic heterocycles. The summed E-state index contributed by atoms with van der Waals surface area (Å²) in [6, 6.07) is 1.55. The highest BCUT2D eigenvalue weighted by Crippen LogP contribution is 2.23. The van der Waals surface area contributed by atoms with Crippen molar-refractivity contribution in [3.63, 3.8) is 0 Å². The first-order chi connectivity index (χ1) is 9.56. The highest BCUT2D eigenvalue weighted by Gasteiger charge is 2.22. The lowest BCUT2D eigenvalue weighted by Gasteiger charge is -2.27. The zero-order valence-electron chi connectivity index (χ0n) is 11.7. The topological polar surface area (TPSA) is 100 Å². The van der Waals surface area contributed by atoms with E-state index in [1.165, 1.54) is 12.8 Å². The number of hydrogen-bond acceptors (Lipinski definition) is 3. The van der Waals surface area contributed by atoms with Crippen molar-refractivity contribution in [3.05, 3.63) is 18.0 Å². The van der Waals surface area contributed by atoms with E-state index in [0.29, 0.717) is 29.6 Å². The van der Waals surface area contributed by atoms with Gasteiger partial charge in [0.25, 0.3) is 5.91 Å². The van der Waals surface area contributed by atoms with Gasteiger partial charge in [0.2, 0.25) is 5.91 Å². The molecule has 1 aliphatic heterocycles. The predicted molar refractivity (Wildman–Crippen MR) is 77.3 cm³/mol. The molecule has 2 heterocycles. The third kappa shape index (κ3) is 3.84. The van der Waals surface area contributed by atoms with Gasteiger partial charge in [0.05, 0.1) is 5.69 Å². The SMILES string of the molecule is CC(CC(=O)Nc1c[nH]c(C(N)=O)c1)C1CCCNC1. The molecule has 6 heteroatoms. The summed E-state index contributed by atoms with van der Waals surface area (Å²) in [5.74, 6) is 0.337. The van der Waals surface area contributed by atoms with E-state index in [-0.39, 0.29) is 5.91 Å². The molecule has 0 radical (unpaired) electrons. The zero-order chi connectivity index (χ0) is 14.5. The lowest BCUT2D eigenvalue weighted by atomic mass is 9.85. The fourth-order valence-electron chi connectivity index (χ4n) is 2.64. The Bertz CT molecular complexity index is 477. The van der Waals surface area contributed by atoms with Crippen molar-refractivity contribution >= 4 is 17.5 Å². The minimum absolute atomic E-state index is 0.0295. The van der Waals surface area contributed by atoms with E-state index in [2.05, 4.69) is 22.5 Å². The number of primary amides is 1. The Kier molecular flexibility index (Phi) is 4.79. The first-order valence-electron chi connectivity index (χ1n) is 7.05. The molecule has 1 saturated heterocycles. The molecule has 5 N–H and O–H groups in total. The summed E-state index contributed by atoms with van der Waals surface area (Å²) in [6.45, 7) is 4.18. The van der Waals surface area contributed by atoms with Gasteiger partial charge in [-0.15, -0.1) is 0 Å². The quantitative estimate of drug-likeness (QED) is 0.648. The smallest absolute Gasteiger partial charge is 0.265 e. The summed E-state index contributed by atoms with van der Waals surface area (Å²) in [4.78, 5) is 25.7. The number of aromatic nitrogens is 1. The summed E-state index contributed by atoms with van der Waals surface area (Å²) in [5, 5.41) is 6.16. The monoisotopic (exact) mass is 278 g/mol. The van der Waals surface area contributed by atoms with E-state index in [9.17, 15) is 9.59 Å². The average Bonchev–Trinajstić information content (AvgIpc) is 2.88. The molecular formula is C14H22N4O2. The highest BCUT2D eigenvalue weighted by atomic mass is 16.2. The second-order valence-electron chi connectivity index (χ2n) is 5.50. The number of piperidine rings is 1.